The molecule has 0 radical (unpaired) electrons. The quantitative estimate of drug-likeness (QED) is 0.735. The Bertz CT molecular complexity index is 695. The summed E-state index contributed by atoms with van der Waals surface area (Å²) in [4.78, 5) is 36.7. The minimum Gasteiger partial charge on any atom is -0.456 e. The third-order valence-corrected chi connectivity index (χ3v) is 3.68. The highest BCUT2D eigenvalue weighted by Crippen LogP contribution is 2.42. The average Bonchev–Trinajstić information content (AvgIpc) is 2.70. The number of hydrogen-bond donors (Lipinski definition) is 2. The zero-order valence-electron chi connectivity index (χ0n) is 13.0. The number of carbonyl (C=O) groups excluding carboxylic acids is 1. The van der Waals surface area contributed by atoms with Gasteiger partial charge < -0.3 is 14.6 Å². The Kier molecular flexibility index (Phi) is 4.71. The van der Waals surface area contributed by atoms with Crippen LogP contribution in [0.15, 0.2) is 21.9 Å². The van der Waals surface area contributed by atoms with Crippen molar-refractivity contribution in [1.82, 2.24) is 9.55 Å². The van der Waals surface area contributed by atoms with Gasteiger partial charge in [0.05, 0.1) is 12.5 Å². The summed E-state index contributed by atoms with van der Waals surface area (Å²) in [5.74, 6) is -1.13. The van der Waals surface area contributed by atoms with Crippen LogP contribution in [0.3, 0.4) is 0 Å². The standard InChI is InChI=1S/C14H19FN2O6/c1-7(2)11(20)23-10-8(6-18)22-12(14(10,3)15)17-5-4-9(19)16-13(17)21/h4-5,7-8,10,12,18H,6H2,1-3H3,(H,16,19,21)/t8-,10-,12-,14-/m1/s1. The van der Waals surface area contributed by atoms with Crippen LogP contribution in [0.2, 0.25) is 0 Å². The fraction of sp³-hybridized carbons (Fsp3) is 0.643. The Hall–Kier alpha value is -2.00. The van der Waals surface area contributed by atoms with Gasteiger partial charge in [-0.25, -0.2) is 9.18 Å². The number of ether oxygens (including phenoxy) is 2. The molecule has 128 valence electrons. The molecule has 0 spiro atoms. The number of esters is 1. The fourth-order valence-electron chi connectivity index (χ4n) is 2.41. The molecular weight excluding hydrogens is 311 g/mol. The highest BCUT2D eigenvalue weighted by atomic mass is 19.1. The number of halogens is 1. The summed E-state index contributed by atoms with van der Waals surface area (Å²) in [7, 11) is 0. The number of alkyl halides is 1. The number of aliphatic hydroxyl groups is 1. The van der Waals surface area contributed by atoms with Gasteiger partial charge in [0.15, 0.2) is 18.0 Å². The molecule has 1 fully saturated rings. The van der Waals surface area contributed by atoms with E-state index in [0.717, 1.165) is 23.8 Å². The summed E-state index contributed by atoms with van der Waals surface area (Å²) >= 11 is 0. The molecule has 1 aromatic rings. The molecule has 0 amide bonds. The predicted molar refractivity (Wildman–Crippen MR) is 76.5 cm³/mol. The van der Waals surface area contributed by atoms with Crippen LogP contribution in [0, 0.1) is 5.92 Å². The predicted octanol–water partition coefficient (Wildman–Crippen LogP) is -0.278. The number of hydrogen-bond acceptors (Lipinski definition) is 6. The van der Waals surface area contributed by atoms with Crippen LogP contribution in [0.1, 0.15) is 27.0 Å². The molecule has 4 atom stereocenters. The second-order valence-corrected chi connectivity index (χ2v) is 5.89. The number of aromatic amines is 1. The van der Waals surface area contributed by atoms with Crippen LogP contribution in [-0.2, 0) is 14.3 Å². The van der Waals surface area contributed by atoms with Gasteiger partial charge in [0.1, 0.15) is 6.10 Å². The Morgan fingerprint density at radius 3 is 2.74 bits per heavy atom. The van der Waals surface area contributed by atoms with Gasteiger partial charge in [-0.3, -0.25) is 19.1 Å². The monoisotopic (exact) mass is 330 g/mol. The molecule has 2 rings (SSSR count). The highest BCUT2D eigenvalue weighted by Gasteiger charge is 2.58. The minimum atomic E-state index is -2.28. The van der Waals surface area contributed by atoms with Crippen molar-refractivity contribution in [1.29, 1.82) is 0 Å². The second kappa shape index (κ2) is 6.25. The Morgan fingerprint density at radius 2 is 2.22 bits per heavy atom. The number of H-pyrrole nitrogens is 1. The summed E-state index contributed by atoms with van der Waals surface area (Å²) in [5.41, 5.74) is -3.77. The zero-order chi connectivity index (χ0) is 17.4. The van der Waals surface area contributed by atoms with Crippen LogP contribution in [-0.4, -0.2) is 45.1 Å². The van der Waals surface area contributed by atoms with E-state index < -0.39 is 53.8 Å². The lowest BCUT2D eigenvalue weighted by molar-refractivity contribution is -0.162. The van der Waals surface area contributed by atoms with Gasteiger partial charge in [0.25, 0.3) is 5.56 Å². The number of rotatable bonds is 4. The average molecular weight is 330 g/mol. The smallest absolute Gasteiger partial charge is 0.330 e. The lowest BCUT2D eigenvalue weighted by Gasteiger charge is -2.28. The topological polar surface area (TPSA) is 111 Å². The molecule has 0 unspecified atom stereocenters. The van der Waals surface area contributed by atoms with Crippen molar-refractivity contribution in [2.75, 3.05) is 6.61 Å². The number of aromatic nitrogens is 2. The van der Waals surface area contributed by atoms with E-state index in [2.05, 4.69) is 0 Å². The largest absolute Gasteiger partial charge is 0.456 e. The molecule has 1 aliphatic heterocycles. The van der Waals surface area contributed by atoms with Gasteiger partial charge in [-0.05, 0) is 6.92 Å². The van der Waals surface area contributed by atoms with Crippen molar-refractivity contribution in [3.63, 3.8) is 0 Å². The SMILES string of the molecule is CC(C)C(=O)O[C@@H]1[C@@H](CO)O[C@@H](n2ccc(=O)[nH]c2=O)[C@]1(C)F. The minimum absolute atomic E-state index is 0.486. The molecular formula is C14H19FN2O6. The van der Waals surface area contributed by atoms with E-state index in [1.807, 2.05) is 4.98 Å². The first-order chi connectivity index (χ1) is 10.7. The molecule has 2 heterocycles. The van der Waals surface area contributed by atoms with Gasteiger partial charge >= 0.3 is 11.7 Å². The Morgan fingerprint density at radius 1 is 1.57 bits per heavy atom. The Labute approximate surface area is 130 Å². The van der Waals surface area contributed by atoms with Crippen LogP contribution in [0.25, 0.3) is 0 Å². The van der Waals surface area contributed by atoms with E-state index in [0.29, 0.717) is 0 Å². The normalized spacial score (nSPS) is 30.6. The van der Waals surface area contributed by atoms with Crippen molar-refractivity contribution in [3.8, 4) is 0 Å². The third kappa shape index (κ3) is 3.20. The summed E-state index contributed by atoms with van der Waals surface area (Å²) in [6, 6.07) is 1.04. The van der Waals surface area contributed by atoms with Crippen molar-refractivity contribution in [2.24, 2.45) is 5.92 Å². The number of nitrogens with zero attached hydrogens (tertiary/aromatic N) is 1. The first-order valence-electron chi connectivity index (χ1n) is 7.15. The maximum absolute atomic E-state index is 15.2. The number of aliphatic hydroxyl groups excluding tert-OH is 1. The number of carbonyl (C=O) groups is 1. The first-order valence-corrected chi connectivity index (χ1v) is 7.15. The maximum Gasteiger partial charge on any atom is 0.330 e. The molecule has 23 heavy (non-hydrogen) atoms. The van der Waals surface area contributed by atoms with Gasteiger partial charge in [-0.15, -0.1) is 0 Å². The van der Waals surface area contributed by atoms with E-state index in [1.165, 1.54) is 0 Å². The zero-order valence-corrected chi connectivity index (χ0v) is 13.0. The maximum atomic E-state index is 15.2. The van der Waals surface area contributed by atoms with E-state index in [1.54, 1.807) is 13.8 Å². The van der Waals surface area contributed by atoms with Crippen LogP contribution in [0.5, 0.6) is 0 Å². The molecule has 9 heteroatoms. The van der Waals surface area contributed by atoms with Crippen LogP contribution < -0.4 is 11.2 Å². The molecule has 0 saturated carbocycles. The van der Waals surface area contributed by atoms with Crippen LogP contribution >= 0.6 is 0 Å². The van der Waals surface area contributed by atoms with E-state index in [4.69, 9.17) is 9.47 Å². The van der Waals surface area contributed by atoms with E-state index in [9.17, 15) is 19.5 Å². The van der Waals surface area contributed by atoms with Crippen molar-refractivity contribution >= 4 is 5.97 Å². The van der Waals surface area contributed by atoms with Gasteiger partial charge in [-0.1, -0.05) is 13.8 Å². The third-order valence-electron chi connectivity index (χ3n) is 3.68. The lowest BCUT2D eigenvalue weighted by atomic mass is 9.98. The fourth-order valence-corrected chi connectivity index (χ4v) is 2.41. The second-order valence-electron chi connectivity index (χ2n) is 5.89. The molecule has 1 saturated heterocycles. The summed E-state index contributed by atoms with van der Waals surface area (Å²) in [6.45, 7) is 3.70. The van der Waals surface area contributed by atoms with Gasteiger partial charge in [0, 0.05) is 12.3 Å². The molecule has 0 aliphatic carbocycles. The Balaban J connectivity index is 2.38. The molecule has 0 bridgehead atoms. The number of nitrogens with one attached hydrogen (secondary N) is 1. The molecule has 8 nitrogen and oxygen atoms in total. The highest BCUT2D eigenvalue weighted by molar-refractivity contribution is 5.71. The van der Waals surface area contributed by atoms with E-state index in [-0.39, 0.29) is 0 Å². The van der Waals surface area contributed by atoms with Crippen molar-refractivity contribution < 1.29 is 23.8 Å². The molecule has 2 N–H and O–H groups in total. The van der Waals surface area contributed by atoms with Crippen molar-refractivity contribution in [3.05, 3.63) is 33.1 Å². The van der Waals surface area contributed by atoms with Crippen LogP contribution in [0.4, 0.5) is 4.39 Å². The molecule has 0 aromatic carbocycles. The van der Waals surface area contributed by atoms with E-state index >= 15 is 4.39 Å². The van der Waals surface area contributed by atoms with Crippen molar-refractivity contribution in [2.45, 2.75) is 44.9 Å². The molecule has 1 aromatic heterocycles. The summed E-state index contributed by atoms with van der Waals surface area (Å²) < 4.78 is 26.5. The lowest BCUT2D eigenvalue weighted by Crippen LogP contribution is -2.46. The first kappa shape index (κ1) is 17.4. The summed E-state index contributed by atoms with van der Waals surface area (Å²) in [5, 5.41) is 9.37. The van der Waals surface area contributed by atoms with Gasteiger partial charge in [0.2, 0.25) is 0 Å². The van der Waals surface area contributed by atoms with Gasteiger partial charge in [-0.2, -0.15) is 0 Å². The summed E-state index contributed by atoms with van der Waals surface area (Å²) in [6.07, 6.45) is -2.87. The molecule has 1 aliphatic rings.